The summed E-state index contributed by atoms with van der Waals surface area (Å²) in [6.07, 6.45) is -3.70. The molecule has 0 aliphatic rings. The van der Waals surface area contributed by atoms with Crippen LogP contribution in [-0.4, -0.2) is 73.3 Å². The number of hydrogen-bond donors (Lipinski definition) is 6. The Balaban J connectivity index is 4.21. The SMILES string of the molecule is CSC(=S)N/N=C/[C@@H](O)[C@H](O)[C@H](O)[C@H](O)CO. The maximum atomic E-state index is 9.38. The van der Waals surface area contributed by atoms with Gasteiger partial charge in [-0.2, -0.15) is 5.10 Å². The van der Waals surface area contributed by atoms with Gasteiger partial charge in [0.25, 0.3) is 0 Å². The van der Waals surface area contributed by atoms with Crippen LogP contribution in [0.4, 0.5) is 0 Å². The Morgan fingerprint density at radius 3 is 2.41 bits per heavy atom. The quantitative estimate of drug-likeness (QED) is 0.182. The van der Waals surface area contributed by atoms with Crippen molar-refractivity contribution in [3.8, 4) is 0 Å². The molecule has 9 heteroatoms. The number of hydrogen-bond acceptors (Lipinski definition) is 8. The Bertz CT molecular complexity index is 266. The normalized spacial score (nSPS) is 18.7. The first-order valence-corrected chi connectivity index (χ1v) is 6.27. The number of thioether (sulfide) groups is 1. The molecule has 0 saturated heterocycles. The van der Waals surface area contributed by atoms with Crippen molar-refractivity contribution in [2.24, 2.45) is 5.10 Å². The van der Waals surface area contributed by atoms with E-state index in [1.54, 1.807) is 6.26 Å². The van der Waals surface area contributed by atoms with Crippen LogP contribution in [0.3, 0.4) is 0 Å². The molecule has 0 aromatic carbocycles. The van der Waals surface area contributed by atoms with E-state index in [0.717, 1.165) is 6.21 Å². The van der Waals surface area contributed by atoms with Gasteiger partial charge in [-0.1, -0.05) is 24.0 Å². The van der Waals surface area contributed by atoms with Crippen LogP contribution >= 0.6 is 24.0 Å². The molecular weight excluding hydrogens is 268 g/mol. The van der Waals surface area contributed by atoms with Gasteiger partial charge in [-0.3, -0.25) is 5.43 Å². The van der Waals surface area contributed by atoms with Gasteiger partial charge in [0.1, 0.15) is 24.4 Å². The summed E-state index contributed by atoms with van der Waals surface area (Å²) in [5.74, 6) is 0. The summed E-state index contributed by atoms with van der Waals surface area (Å²) >= 11 is 6.00. The highest BCUT2D eigenvalue weighted by Crippen LogP contribution is 2.03. The number of aliphatic hydroxyl groups is 5. The Morgan fingerprint density at radius 2 is 1.94 bits per heavy atom. The summed E-state index contributed by atoms with van der Waals surface area (Å²) in [5.41, 5.74) is 2.40. The minimum absolute atomic E-state index is 0.374. The molecule has 0 aliphatic heterocycles. The number of thiocarbonyl (C=S) groups is 1. The smallest absolute Gasteiger partial charge is 0.153 e. The van der Waals surface area contributed by atoms with Crippen LogP contribution in [0, 0.1) is 0 Å². The van der Waals surface area contributed by atoms with Crippen LogP contribution in [0.1, 0.15) is 0 Å². The Morgan fingerprint density at radius 1 is 1.35 bits per heavy atom. The van der Waals surface area contributed by atoms with Crippen LogP contribution in [0.25, 0.3) is 0 Å². The Labute approximate surface area is 108 Å². The molecule has 100 valence electrons. The zero-order valence-corrected chi connectivity index (χ0v) is 10.7. The molecule has 0 saturated carbocycles. The lowest BCUT2D eigenvalue weighted by Gasteiger charge is -2.23. The van der Waals surface area contributed by atoms with Crippen molar-refractivity contribution in [2.75, 3.05) is 12.9 Å². The van der Waals surface area contributed by atoms with E-state index < -0.39 is 31.0 Å². The Hall–Kier alpha value is -0.290. The molecule has 0 bridgehead atoms. The lowest BCUT2D eigenvalue weighted by Crippen LogP contribution is -2.46. The van der Waals surface area contributed by atoms with Crippen molar-refractivity contribution in [3.05, 3.63) is 0 Å². The fourth-order valence-corrected chi connectivity index (χ4v) is 1.03. The van der Waals surface area contributed by atoms with Crippen molar-refractivity contribution < 1.29 is 25.5 Å². The summed E-state index contributed by atoms with van der Waals surface area (Å²) in [4.78, 5) is 0. The fraction of sp³-hybridized carbons (Fsp3) is 0.750. The molecule has 4 atom stereocenters. The molecule has 0 unspecified atom stereocenters. The maximum Gasteiger partial charge on any atom is 0.153 e. The third-order valence-electron chi connectivity index (χ3n) is 1.85. The number of hydrazone groups is 1. The van der Waals surface area contributed by atoms with Crippen LogP contribution < -0.4 is 5.43 Å². The van der Waals surface area contributed by atoms with Crippen LogP contribution in [-0.2, 0) is 0 Å². The van der Waals surface area contributed by atoms with Gasteiger partial charge in [0, 0.05) is 0 Å². The molecule has 0 aromatic heterocycles. The predicted molar refractivity (Wildman–Crippen MR) is 68.9 cm³/mol. The number of aliphatic hydroxyl groups excluding tert-OH is 5. The largest absolute Gasteiger partial charge is 0.394 e. The molecule has 0 radical (unpaired) electrons. The van der Waals surface area contributed by atoms with Crippen molar-refractivity contribution in [3.63, 3.8) is 0 Å². The first kappa shape index (κ1) is 16.7. The molecule has 0 aromatic rings. The molecule has 7 nitrogen and oxygen atoms in total. The summed E-state index contributed by atoms with van der Waals surface area (Å²) in [7, 11) is 0. The third kappa shape index (κ3) is 6.27. The highest BCUT2D eigenvalue weighted by molar-refractivity contribution is 8.22. The van der Waals surface area contributed by atoms with Crippen LogP contribution in [0.5, 0.6) is 0 Å². The van der Waals surface area contributed by atoms with Crippen molar-refractivity contribution in [1.29, 1.82) is 0 Å². The molecule has 0 amide bonds. The van der Waals surface area contributed by atoms with E-state index in [1.807, 2.05) is 0 Å². The standard InChI is InChI=1S/C8H16N2O5S2/c1-17-8(16)10-9-2-4(12)6(14)7(15)5(13)3-11/h2,4-7,11-15H,3H2,1H3,(H,10,16)/b9-2+/t4-,5-,6+,7-/m1/s1. The zero-order valence-electron chi connectivity index (χ0n) is 9.09. The van der Waals surface area contributed by atoms with E-state index in [9.17, 15) is 15.3 Å². The summed E-state index contributed by atoms with van der Waals surface area (Å²) in [6.45, 7) is -0.725. The van der Waals surface area contributed by atoms with Gasteiger partial charge in [-0.15, -0.1) is 0 Å². The molecule has 6 N–H and O–H groups in total. The summed E-state index contributed by atoms with van der Waals surface area (Å²) in [6, 6.07) is 0. The van der Waals surface area contributed by atoms with E-state index in [2.05, 4.69) is 10.5 Å². The average molecular weight is 284 g/mol. The van der Waals surface area contributed by atoms with E-state index >= 15 is 0 Å². The van der Waals surface area contributed by atoms with E-state index in [1.165, 1.54) is 11.8 Å². The minimum Gasteiger partial charge on any atom is -0.394 e. The second-order valence-electron chi connectivity index (χ2n) is 3.10. The molecule has 0 rings (SSSR count). The first-order valence-electron chi connectivity index (χ1n) is 4.64. The van der Waals surface area contributed by atoms with Crippen molar-refractivity contribution >= 4 is 34.5 Å². The zero-order chi connectivity index (χ0) is 13.4. The number of nitrogens with zero attached hydrogens (tertiary/aromatic N) is 1. The van der Waals surface area contributed by atoms with Crippen molar-refractivity contribution in [2.45, 2.75) is 24.4 Å². The van der Waals surface area contributed by atoms with Gasteiger partial charge < -0.3 is 25.5 Å². The molecule has 0 aliphatic carbocycles. The molecule has 0 fully saturated rings. The van der Waals surface area contributed by atoms with Gasteiger partial charge in [0.2, 0.25) is 0 Å². The molecule has 0 spiro atoms. The van der Waals surface area contributed by atoms with E-state index in [0.29, 0.717) is 4.32 Å². The molecular formula is C8H16N2O5S2. The van der Waals surface area contributed by atoms with E-state index in [4.69, 9.17) is 22.4 Å². The second kappa shape index (κ2) is 8.75. The van der Waals surface area contributed by atoms with E-state index in [-0.39, 0.29) is 0 Å². The van der Waals surface area contributed by atoms with Crippen LogP contribution in [0.15, 0.2) is 5.10 Å². The first-order chi connectivity index (χ1) is 7.93. The average Bonchev–Trinajstić information content (AvgIpc) is 2.35. The highest BCUT2D eigenvalue weighted by Gasteiger charge is 2.29. The monoisotopic (exact) mass is 284 g/mol. The summed E-state index contributed by atoms with van der Waals surface area (Å²) in [5, 5.41) is 49.2. The Kier molecular flexibility index (Phi) is 8.60. The lowest BCUT2D eigenvalue weighted by molar-refractivity contribution is -0.0999. The number of nitrogens with one attached hydrogen (secondary N) is 1. The van der Waals surface area contributed by atoms with Gasteiger partial charge in [0.05, 0.1) is 12.8 Å². The van der Waals surface area contributed by atoms with Gasteiger partial charge >= 0.3 is 0 Å². The maximum absolute atomic E-state index is 9.38. The summed E-state index contributed by atoms with van der Waals surface area (Å²) < 4.78 is 0.374. The van der Waals surface area contributed by atoms with Crippen molar-refractivity contribution in [1.82, 2.24) is 5.43 Å². The highest BCUT2D eigenvalue weighted by atomic mass is 32.2. The minimum atomic E-state index is -1.67. The fourth-order valence-electron chi connectivity index (χ4n) is 0.838. The van der Waals surface area contributed by atoms with Gasteiger partial charge in [-0.25, -0.2) is 0 Å². The van der Waals surface area contributed by atoms with Gasteiger partial charge in [0.15, 0.2) is 4.32 Å². The molecule has 0 heterocycles. The number of rotatable bonds is 6. The third-order valence-corrected chi connectivity index (χ3v) is 2.90. The lowest BCUT2D eigenvalue weighted by atomic mass is 10.0. The van der Waals surface area contributed by atoms with Crippen LogP contribution in [0.2, 0.25) is 0 Å². The predicted octanol–water partition coefficient (Wildman–Crippen LogP) is -2.35. The van der Waals surface area contributed by atoms with Gasteiger partial charge in [-0.05, 0) is 6.26 Å². The molecule has 17 heavy (non-hydrogen) atoms. The second-order valence-corrected chi connectivity index (χ2v) is 4.59. The topological polar surface area (TPSA) is 126 Å².